The van der Waals surface area contributed by atoms with Crippen molar-refractivity contribution in [3.05, 3.63) is 41.5 Å². The molecule has 3 amide bonds. The molecule has 1 rings (SSSR count). The largest absolute Gasteiger partial charge is 0.478 e. The fraction of sp³-hybridized carbons (Fsp3) is 0.478. The van der Waals surface area contributed by atoms with Crippen molar-refractivity contribution >= 4 is 29.8 Å². The Kier molecular flexibility index (Phi) is 9.43. The van der Waals surface area contributed by atoms with Crippen molar-refractivity contribution in [2.24, 2.45) is 11.3 Å². The molecule has 9 nitrogen and oxygen atoms in total. The van der Waals surface area contributed by atoms with E-state index >= 15 is 0 Å². The molecule has 0 aromatic carbocycles. The van der Waals surface area contributed by atoms with Gasteiger partial charge >= 0.3 is 5.97 Å². The average molecular weight is 448 g/mol. The van der Waals surface area contributed by atoms with E-state index in [0.717, 1.165) is 0 Å². The number of carboxylic acids is 1. The predicted octanol–water partition coefficient (Wildman–Crippen LogP) is 2.46. The maximum absolute atomic E-state index is 13.1. The zero-order chi connectivity index (χ0) is 24.6. The van der Waals surface area contributed by atoms with Gasteiger partial charge in [0.05, 0.1) is 12.3 Å². The molecular formula is C23H33N3O6. The van der Waals surface area contributed by atoms with Crippen LogP contribution < -0.4 is 16.0 Å². The highest BCUT2D eigenvalue weighted by Gasteiger charge is 2.35. The first-order valence-corrected chi connectivity index (χ1v) is 10.3. The summed E-state index contributed by atoms with van der Waals surface area (Å²) in [7, 11) is 0. The quantitative estimate of drug-likeness (QED) is 0.429. The van der Waals surface area contributed by atoms with Gasteiger partial charge in [-0.2, -0.15) is 0 Å². The van der Waals surface area contributed by atoms with Gasteiger partial charge in [0, 0.05) is 18.6 Å². The van der Waals surface area contributed by atoms with Crippen LogP contribution in [-0.2, 0) is 19.2 Å². The van der Waals surface area contributed by atoms with Crippen LogP contribution in [-0.4, -0.2) is 40.9 Å². The van der Waals surface area contributed by atoms with E-state index in [1.165, 1.54) is 32.3 Å². The number of carboxylic acid groups (broad SMARTS) is 1. The standard InChI is InChI=1S/C23H33N3O6/c1-13(2)17(11-14(3)22(30)31)25-21(29)19(23(5,6)7)26-20(28)18(24-15(4)27)12-16-9-8-10-32-16/h8-13,17,19H,1-7H3,(H,24,27)(H,25,29)(H,26,28)(H,30,31)/b14-11+,18-12-/t17-,19-/m1/s1. The number of hydrogen-bond donors (Lipinski definition) is 4. The van der Waals surface area contributed by atoms with E-state index in [1.54, 1.807) is 32.9 Å². The van der Waals surface area contributed by atoms with E-state index in [1.807, 2.05) is 13.8 Å². The fourth-order valence-electron chi connectivity index (χ4n) is 2.74. The molecule has 32 heavy (non-hydrogen) atoms. The molecule has 0 unspecified atom stereocenters. The Balaban J connectivity index is 3.17. The molecule has 0 radical (unpaired) electrons. The molecule has 9 heteroatoms. The van der Waals surface area contributed by atoms with Crippen LogP contribution in [0, 0.1) is 11.3 Å². The van der Waals surface area contributed by atoms with Gasteiger partial charge < -0.3 is 25.5 Å². The highest BCUT2D eigenvalue weighted by Crippen LogP contribution is 2.21. The maximum Gasteiger partial charge on any atom is 0.331 e. The van der Waals surface area contributed by atoms with Crippen molar-refractivity contribution in [1.29, 1.82) is 0 Å². The second-order valence-corrected chi connectivity index (χ2v) is 8.96. The van der Waals surface area contributed by atoms with Gasteiger partial charge in [0.2, 0.25) is 11.8 Å². The van der Waals surface area contributed by atoms with Gasteiger partial charge in [-0.3, -0.25) is 14.4 Å². The van der Waals surface area contributed by atoms with Gasteiger partial charge in [-0.05, 0) is 30.4 Å². The number of amides is 3. The summed E-state index contributed by atoms with van der Waals surface area (Å²) in [6, 6.07) is 1.74. The van der Waals surface area contributed by atoms with Gasteiger partial charge in [0.25, 0.3) is 5.91 Å². The summed E-state index contributed by atoms with van der Waals surface area (Å²) in [4.78, 5) is 48.8. The van der Waals surface area contributed by atoms with Crippen molar-refractivity contribution in [3.63, 3.8) is 0 Å². The number of aliphatic carboxylic acids is 1. The van der Waals surface area contributed by atoms with Crippen molar-refractivity contribution in [1.82, 2.24) is 16.0 Å². The SMILES string of the molecule is CC(=O)N/C(=C\c1ccco1)C(=O)N[C@H](C(=O)N[C@H](/C=C(\C)C(=O)O)C(C)C)C(C)(C)C. The lowest BCUT2D eigenvalue weighted by Crippen LogP contribution is -2.56. The van der Waals surface area contributed by atoms with Crippen molar-refractivity contribution in [3.8, 4) is 0 Å². The lowest BCUT2D eigenvalue weighted by molar-refractivity contribution is -0.133. The molecule has 0 bridgehead atoms. The molecule has 4 N–H and O–H groups in total. The van der Waals surface area contributed by atoms with Crippen LogP contribution in [0.15, 0.2) is 40.2 Å². The van der Waals surface area contributed by atoms with Gasteiger partial charge in [-0.1, -0.05) is 40.7 Å². The predicted molar refractivity (Wildman–Crippen MR) is 120 cm³/mol. The molecule has 1 heterocycles. The molecule has 0 saturated carbocycles. The van der Waals surface area contributed by atoms with E-state index < -0.39 is 41.2 Å². The molecule has 1 aromatic heterocycles. The number of rotatable bonds is 9. The highest BCUT2D eigenvalue weighted by atomic mass is 16.4. The molecule has 0 aliphatic rings. The lowest BCUT2D eigenvalue weighted by atomic mass is 9.85. The molecular weight excluding hydrogens is 414 g/mol. The van der Waals surface area contributed by atoms with Gasteiger partial charge in [-0.25, -0.2) is 4.79 Å². The van der Waals surface area contributed by atoms with Gasteiger partial charge in [0.15, 0.2) is 0 Å². The molecule has 0 saturated heterocycles. The second-order valence-electron chi connectivity index (χ2n) is 8.96. The number of hydrogen-bond acceptors (Lipinski definition) is 5. The fourth-order valence-corrected chi connectivity index (χ4v) is 2.74. The third-order valence-electron chi connectivity index (χ3n) is 4.58. The molecule has 2 atom stereocenters. The van der Waals surface area contributed by atoms with Crippen molar-refractivity contribution < 1.29 is 28.7 Å². The monoisotopic (exact) mass is 447 g/mol. The minimum Gasteiger partial charge on any atom is -0.478 e. The van der Waals surface area contributed by atoms with Gasteiger partial charge in [0.1, 0.15) is 17.5 Å². The minimum atomic E-state index is -1.08. The molecule has 1 aromatic rings. The average Bonchev–Trinajstić information content (AvgIpc) is 3.16. The summed E-state index contributed by atoms with van der Waals surface area (Å²) in [6.07, 6.45) is 4.27. The summed E-state index contributed by atoms with van der Waals surface area (Å²) in [5, 5.41) is 17.1. The topological polar surface area (TPSA) is 138 Å². The van der Waals surface area contributed by atoms with Crippen LogP contribution in [0.2, 0.25) is 0 Å². The first-order valence-electron chi connectivity index (χ1n) is 10.3. The van der Waals surface area contributed by atoms with Crippen LogP contribution >= 0.6 is 0 Å². The zero-order valence-electron chi connectivity index (χ0n) is 19.6. The maximum atomic E-state index is 13.1. The normalized spacial score (nSPS) is 14.5. The second kappa shape index (κ2) is 11.3. The van der Waals surface area contributed by atoms with E-state index in [2.05, 4.69) is 16.0 Å². The Morgan fingerprint density at radius 1 is 1.09 bits per heavy atom. The Morgan fingerprint density at radius 3 is 2.16 bits per heavy atom. The Morgan fingerprint density at radius 2 is 1.72 bits per heavy atom. The van der Waals surface area contributed by atoms with Crippen molar-refractivity contribution in [2.45, 2.75) is 60.5 Å². The first-order chi connectivity index (χ1) is 14.7. The third kappa shape index (κ3) is 8.41. The molecule has 0 aliphatic carbocycles. The number of nitrogens with one attached hydrogen (secondary N) is 3. The van der Waals surface area contributed by atoms with Crippen LogP contribution in [0.5, 0.6) is 0 Å². The molecule has 176 valence electrons. The van der Waals surface area contributed by atoms with E-state index in [-0.39, 0.29) is 17.2 Å². The van der Waals surface area contributed by atoms with Crippen LogP contribution in [0.25, 0.3) is 6.08 Å². The smallest absolute Gasteiger partial charge is 0.331 e. The molecule has 0 fully saturated rings. The Hall–Kier alpha value is -3.36. The summed E-state index contributed by atoms with van der Waals surface area (Å²) in [5.74, 6) is -2.39. The van der Waals surface area contributed by atoms with Crippen molar-refractivity contribution in [2.75, 3.05) is 0 Å². The number of carbonyl (C=O) groups is 4. The number of carbonyl (C=O) groups excluding carboxylic acids is 3. The third-order valence-corrected chi connectivity index (χ3v) is 4.58. The van der Waals surface area contributed by atoms with E-state index in [0.29, 0.717) is 5.76 Å². The zero-order valence-corrected chi connectivity index (χ0v) is 19.6. The minimum absolute atomic E-state index is 0.0727. The van der Waals surface area contributed by atoms with Crippen LogP contribution in [0.3, 0.4) is 0 Å². The Bertz CT molecular complexity index is 891. The summed E-state index contributed by atoms with van der Waals surface area (Å²) < 4.78 is 5.21. The van der Waals surface area contributed by atoms with E-state index in [9.17, 15) is 19.2 Å². The Labute approximate surface area is 188 Å². The van der Waals surface area contributed by atoms with E-state index in [4.69, 9.17) is 9.52 Å². The highest BCUT2D eigenvalue weighted by molar-refractivity contribution is 6.02. The number of furan rings is 1. The van der Waals surface area contributed by atoms with Crippen LogP contribution in [0.1, 0.15) is 54.2 Å². The molecule has 0 spiro atoms. The first kappa shape index (κ1) is 26.7. The molecule has 0 aliphatic heterocycles. The summed E-state index contributed by atoms with van der Waals surface area (Å²) in [6.45, 7) is 11.8. The lowest BCUT2D eigenvalue weighted by Gasteiger charge is -2.32. The van der Waals surface area contributed by atoms with Gasteiger partial charge in [-0.15, -0.1) is 0 Å². The summed E-state index contributed by atoms with van der Waals surface area (Å²) >= 11 is 0. The summed E-state index contributed by atoms with van der Waals surface area (Å²) in [5.41, 5.74) is -0.648. The van der Waals surface area contributed by atoms with Crippen LogP contribution in [0.4, 0.5) is 0 Å².